The molecule has 1 N–H and O–H groups in total. The summed E-state index contributed by atoms with van der Waals surface area (Å²) in [5, 5.41) is 2.96. The first kappa shape index (κ1) is 23.2. The van der Waals surface area contributed by atoms with E-state index in [0.717, 1.165) is 24.2 Å². The van der Waals surface area contributed by atoms with Crippen LogP contribution in [-0.4, -0.2) is 57.7 Å². The molecule has 7 nitrogen and oxygen atoms in total. The van der Waals surface area contributed by atoms with Crippen LogP contribution >= 0.6 is 0 Å². The number of likely N-dealkylation sites (tertiary alicyclic amines) is 1. The fourth-order valence-electron chi connectivity index (χ4n) is 3.68. The van der Waals surface area contributed by atoms with Gasteiger partial charge in [-0.2, -0.15) is 0 Å². The van der Waals surface area contributed by atoms with Gasteiger partial charge in [-0.15, -0.1) is 0 Å². The Morgan fingerprint density at radius 2 is 1.66 bits per heavy atom. The highest BCUT2D eigenvalue weighted by Gasteiger charge is 2.24. The van der Waals surface area contributed by atoms with Crippen molar-refractivity contribution in [3.8, 4) is 17.2 Å². The number of hydrogen-bond donors (Lipinski definition) is 1. The first-order valence-electron chi connectivity index (χ1n) is 10.6. The number of nitrogens with one attached hydrogen (secondary N) is 1. The van der Waals surface area contributed by atoms with E-state index in [4.69, 9.17) is 14.2 Å². The van der Waals surface area contributed by atoms with Gasteiger partial charge in [0.15, 0.2) is 11.5 Å². The van der Waals surface area contributed by atoms with Crippen molar-refractivity contribution in [2.75, 3.05) is 41.0 Å². The van der Waals surface area contributed by atoms with Crippen molar-refractivity contribution in [3.05, 3.63) is 59.7 Å². The van der Waals surface area contributed by atoms with Crippen molar-refractivity contribution in [2.45, 2.75) is 12.8 Å². The fourth-order valence-corrected chi connectivity index (χ4v) is 3.68. The van der Waals surface area contributed by atoms with E-state index in [2.05, 4.69) is 5.32 Å². The standard InChI is InChI=1S/C25H30N2O5/c1-30-21-8-4-18(5-9-21)6-11-24(28)26-17-19-12-14-27(15-13-19)25(29)20-7-10-22(31-2)23(16-20)32-3/h4-11,16,19H,12-15,17H2,1-3H3,(H,26,28)/b11-6+. The van der Waals surface area contributed by atoms with Crippen molar-refractivity contribution >= 4 is 17.9 Å². The van der Waals surface area contributed by atoms with Gasteiger partial charge in [0.2, 0.25) is 5.91 Å². The Bertz CT molecular complexity index is 947. The number of amides is 2. The second kappa shape index (κ2) is 11.2. The summed E-state index contributed by atoms with van der Waals surface area (Å²) >= 11 is 0. The van der Waals surface area contributed by atoms with E-state index >= 15 is 0 Å². The van der Waals surface area contributed by atoms with Crippen molar-refractivity contribution in [1.29, 1.82) is 0 Å². The van der Waals surface area contributed by atoms with Crippen LogP contribution in [-0.2, 0) is 4.79 Å². The predicted molar refractivity (Wildman–Crippen MR) is 123 cm³/mol. The molecule has 2 aromatic rings. The van der Waals surface area contributed by atoms with Crippen LogP contribution in [0.5, 0.6) is 17.2 Å². The van der Waals surface area contributed by atoms with E-state index in [0.29, 0.717) is 42.6 Å². The lowest BCUT2D eigenvalue weighted by atomic mass is 9.96. The molecule has 0 aromatic heterocycles. The largest absolute Gasteiger partial charge is 0.497 e. The first-order valence-corrected chi connectivity index (χ1v) is 10.6. The van der Waals surface area contributed by atoms with E-state index in [1.807, 2.05) is 29.2 Å². The lowest BCUT2D eigenvalue weighted by molar-refractivity contribution is -0.116. The zero-order chi connectivity index (χ0) is 22.9. The summed E-state index contributed by atoms with van der Waals surface area (Å²) in [6.45, 7) is 1.93. The van der Waals surface area contributed by atoms with E-state index < -0.39 is 0 Å². The minimum absolute atomic E-state index is 0.0177. The Labute approximate surface area is 189 Å². The molecule has 0 radical (unpaired) electrons. The van der Waals surface area contributed by atoms with Gasteiger partial charge in [-0.25, -0.2) is 0 Å². The van der Waals surface area contributed by atoms with Gasteiger partial charge in [0.1, 0.15) is 5.75 Å². The highest BCUT2D eigenvalue weighted by atomic mass is 16.5. The number of carbonyl (C=O) groups is 2. The smallest absolute Gasteiger partial charge is 0.253 e. The second-order valence-corrected chi connectivity index (χ2v) is 7.66. The predicted octanol–water partition coefficient (Wildman–Crippen LogP) is 3.39. The van der Waals surface area contributed by atoms with Crippen molar-refractivity contribution < 1.29 is 23.8 Å². The average molecular weight is 439 g/mol. The number of methoxy groups -OCH3 is 3. The molecule has 0 saturated carbocycles. The molecule has 0 unspecified atom stereocenters. The van der Waals surface area contributed by atoms with Gasteiger partial charge in [-0.1, -0.05) is 12.1 Å². The van der Waals surface area contributed by atoms with Crippen LogP contribution in [0, 0.1) is 5.92 Å². The second-order valence-electron chi connectivity index (χ2n) is 7.66. The number of rotatable bonds is 8. The minimum atomic E-state index is -0.121. The summed E-state index contributed by atoms with van der Waals surface area (Å²) in [6.07, 6.45) is 5.01. The van der Waals surface area contributed by atoms with Gasteiger partial charge in [0, 0.05) is 31.3 Å². The maximum atomic E-state index is 12.8. The fraction of sp³-hybridized carbons (Fsp3) is 0.360. The van der Waals surface area contributed by atoms with Crippen molar-refractivity contribution in [2.24, 2.45) is 5.92 Å². The zero-order valence-electron chi connectivity index (χ0n) is 18.8. The Morgan fingerprint density at radius 3 is 2.28 bits per heavy atom. The van der Waals surface area contributed by atoms with Gasteiger partial charge in [0.25, 0.3) is 5.91 Å². The van der Waals surface area contributed by atoms with Crippen LogP contribution in [0.2, 0.25) is 0 Å². The molecule has 0 aliphatic carbocycles. The molecule has 170 valence electrons. The molecule has 2 amide bonds. The maximum absolute atomic E-state index is 12.8. The van der Waals surface area contributed by atoms with Crippen molar-refractivity contribution in [3.63, 3.8) is 0 Å². The molecule has 1 heterocycles. The summed E-state index contributed by atoms with van der Waals surface area (Å²) in [7, 11) is 4.74. The molecule has 0 bridgehead atoms. The highest BCUT2D eigenvalue weighted by molar-refractivity contribution is 5.95. The summed E-state index contributed by atoms with van der Waals surface area (Å²) < 4.78 is 15.7. The zero-order valence-corrected chi connectivity index (χ0v) is 18.8. The summed E-state index contributed by atoms with van der Waals surface area (Å²) in [4.78, 5) is 26.8. The molecular formula is C25H30N2O5. The van der Waals surface area contributed by atoms with E-state index in [1.165, 1.54) is 6.08 Å². The molecule has 1 aliphatic heterocycles. The molecule has 7 heteroatoms. The topological polar surface area (TPSA) is 77.1 Å². The third-order valence-corrected chi connectivity index (χ3v) is 5.64. The molecular weight excluding hydrogens is 408 g/mol. The van der Waals surface area contributed by atoms with Gasteiger partial charge in [0.05, 0.1) is 21.3 Å². The number of hydrogen-bond acceptors (Lipinski definition) is 5. The minimum Gasteiger partial charge on any atom is -0.497 e. The number of benzene rings is 2. The molecule has 3 rings (SSSR count). The monoisotopic (exact) mass is 438 g/mol. The number of nitrogens with zero attached hydrogens (tertiary/aromatic N) is 1. The van der Waals surface area contributed by atoms with Gasteiger partial charge < -0.3 is 24.4 Å². The summed E-state index contributed by atoms with van der Waals surface area (Å²) in [5.41, 5.74) is 1.51. The van der Waals surface area contributed by atoms with Crippen LogP contribution in [0.4, 0.5) is 0 Å². The van der Waals surface area contributed by atoms with Crippen LogP contribution in [0.3, 0.4) is 0 Å². The Hall–Kier alpha value is -3.48. The summed E-state index contributed by atoms with van der Waals surface area (Å²) in [5.74, 6) is 2.13. The lowest BCUT2D eigenvalue weighted by Crippen LogP contribution is -2.41. The Balaban J connectivity index is 1.44. The highest BCUT2D eigenvalue weighted by Crippen LogP contribution is 2.28. The molecule has 1 aliphatic rings. The quantitative estimate of drug-likeness (QED) is 0.640. The number of ether oxygens (including phenoxy) is 3. The molecule has 2 aromatic carbocycles. The third-order valence-electron chi connectivity index (χ3n) is 5.64. The van der Waals surface area contributed by atoms with Gasteiger partial charge >= 0.3 is 0 Å². The van der Waals surface area contributed by atoms with E-state index in [-0.39, 0.29) is 11.8 Å². The normalized spacial score (nSPS) is 14.3. The summed E-state index contributed by atoms with van der Waals surface area (Å²) in [6, 6.07) is 12.7. The van der Waals surface area contributed by atoms with E-state index in [1.54, 1.807) is 45.6 Å². The molecule has 1 saturated heterocycles. The molecule has 0 atom stereocenters. The third kappa shape index (κ3) is 6.03. The van der Waals surface area contributed by atoms with Crippen LogP contribution in [0.1, 0.15) is 28.8 Å². The Kier molecular flexibility index (Phi) is 8.14. The maximum Gasteiger partial charge on any atom is 0.253 e. The number of carbonyl (C=O) groups excluding carboxylic acids is 2. The van der Waals surface area contributed by atoms with Crippen LogP contribution in [0.15, 0.2) is 48.5 Å². The average Bonchev–Trinajstić information content (AvgIpc) is 2.85. The molecule has 1 fully saturated rings. The van der Waals surface area contributed by atoms with Gasteiger partial charge in [-0.3, -0.25) is 9.59 Å². The number of piperidine rings is 1. The lowest BCUT2D eigenvalue weighted by Gasteiger charge is -2.32. The van der Waals surface area contributed by atoms with Crippen LogP contribution < -0.4 is 19.5 Å². The van der Waals surface area contributed by atoms with E-state index in [9.17, 15) is 9.59 Å². The molecule has 32 heavy (non-hydrogen) atoms. The van der Waals surface area contributed by atoms with Crippen LogP contribution in [0.25, 0.3) is 6.08 Å². The Morgan fingerprint density at radius 1 is 0.969 bits per heavy atom. The van der Waals surface area contributed by atoms with Crippen molar-refractivity contribution in [1.82, 2.24) is 10.2 Å². The SMILES string of the molecule is COc1ccc(/C=C/C(=O)NCC2CCN(C(=O)c3ccc(OC)c(OC)c3)CC2)cc1. The molecule has 0 spiro atoms. The first-order chi connectivity index (χ1) is 15.5. The van der Waals surface area contributed by atoms with Gasteiger partial charge in [-0.05, 0) is 60.7 Å².